The van der Waals surface area contributed by atoms with Crippen molar-refractivity contribution < 1.29 is 0 Å². The van der Waals surface area contributed by atoms with Gasteiger partial charge in [-0.15, -0.1) is 11.3 Å². The lowest BCUT2D eigenvalue weighted by molar-refractivity contribution is 1.07. The number of hydrogen-bond acceptors (Lipinski definition) is 4. The lowest BCUT2D eigenvalue weighted by Gasteiger charge is -2.13. The topological polar surface area (TPSA) is 38.7 Å². The maximum absolute atomic E-state index is 5.11. The maximum atomic E-state index is 5.11. The molecule has 0 aliphatic heterocycles. The average molecular weight is 644 g/mol. The minimum atomic E-state index is 0.638. The van der Waals surface area contributed by atoms with Crippen LogP contribution in [0.25, 0.3) is 87.7 Å². The molecular weight excluding hydrogens is 615 g/mol. The Kier molecular flexibility index (Phi) is 7.34. The van der Waals surface area contributed by atoms with E-state index >= 15 is 0 Å². The maximum Gasteiger partial charge on any atom is 0.164 e. The van der Waals surface area contributed by atoms with E-state index in [1.807, 2.05) is 72.0 Å². The van der Waals surface area contributed by atoms with Crippen molar-refractivity contribution in [3.63, 3.8) is 0 Å². The Bertz CT molecular complexity index is 2540. The fourth-order valence-corrected chi connectivity index (χ4v) is 7.74. The molecule has 0 bridgehead atoms. The number of nitrogens with zero attached hydrogens (tertiary/aromatic N) is 3. The molecule has 7 aromatic carbocycles. The third kappa shape index (κ3) is 5.58. The Morgan fingerprint density at radius 1 is 0.306 bits per heavy atom. The van der Waals surface area contributed by atoms with Crippen molar-refractivity contribution in [2.75, 3.05) is 0 Å². The van der Waals surface area contributed by atoms with Gasteiger partial charge in [-0.2, -0.15) is 0 Å². The van der Waals surface area contributed by atoms with Crippen LogP contribution in [0.1, 0.15) is 0 Å². The number of benzene rings is 7. The van der Waals surface area contributed by atoms with Crippen molar-refractivity contribution in [1.29, 1.82) is 0 Å². The number of hydrogen-bond donors (Lipinski definition) is 0. The van der Waals surface area contributed by atoms with Gasteiger partial charge in [-0.05, 0) is 63.7 Å². The minimum Gasteiger partial charge on any atom is -0.208 e. The molecule has 0 aliphatic rings. The van der Waals surface area contributed by atoms with Crippen molar-refractivity contribution >= 4 is 31.5 Å². The van der Waals surface area contributed by atoms with Gasteiger partial charge >= 0.3 is 0 Å². The van der Waals surface area contributed by atoms with Crippen LogP contribution < -0.4 is 0 Å². The van der Waals surface area contributed by atoms with Gasteiger partial charge < -0.3 is 0 Å². The summed E-state index contributed by atoms with van der Waals surface area (Å²) in [5.41, 5.74) is 9.75. The second kappa shape index (κ2) is 12.4. The monoisotopic (exact) mass is 643 g/mol. The van der Waals surface area contributed by atoms with E-state index in [0.29, 0.717) is 17.5 Å². The van der Waals surface area contributed by atoms with E-state index in [0.717, 1.165) is 33.4 Å². The molecule has 0 fully saturated rings. The standard InChI is InChI=1S/C45H29N3S/c1-4-14-30(15-5-1)33-20-12-21-34(26-33)35-27-36(38-23-13-24-40-39-22-10-11-25-41(39)49-42(38)40)29-37(28-35)45-47-43(31-16-6-2-7-17-31)46-44(48-45)32-18-8-3-9-19-32/h1-29H. The number of fused-ring (bicyclic) bond motifs is 3. The van der Waals surface area contributed by atoms with Gasteiger partial charge in [0.25, 0.3) is 0 Å². The Hall–Kier alpha value is -6.23. The van der Waals surface area contributed by atoms with Crippen LogP contribution in [-0.2, 0) is 0 Å². The molecule has 2 aromatic heterocycles. The predicted molar refractivity (Wildman–Crippen MR) is 205 cm³/mol. The fourth-order valence-electron chi connectivity index (χ4n) is 6.50. The molecule has 230 valence electrons. The Labute approximate surface area is 288 Å². The normalized spacial score (nSPS) is 11.3. The van der Waals surface area contributed by atoms with Crippen LogP contribution in [0.15, 0.2) is 176 Å². The highest BCUT2D eigenvalue weighted by molar-refractivity contribution is 7.26. The molecule has 0 amide bonds. The largest absolute Gasteiger partial charge is 0.208 e. The molecule has 0 unspecified atom stereocenters. The number of thiophene rings is 1. The van der Waals surface area contributed by atoms with Gasteiger partial charge in [0.2, 0.25) is 0 Å². The van der Waals surface area contributed by atoms with Gasteiger partial charge in [0, 0.05) is 36.9 Å². The predicted octanol–water partition coefficient (Wildman–Crippen LogP) is 12.2. The summed E-state index contributed by atoms with van der Waals surface area (Å²) in [5, 5.41) is 2.56. The highest BCUT2D eigenvalue weighted by atomic mass is 32.1. The van der Waals surface area contributed by atoms with Crippen LogP contribution in [0.5, 0.6) is 0 Å². The third-order valence-electron chi connectivity index (χ3n) is 8.91. The Morgan fingerprint density at radius 2 is 0.755 bits per heavy atom. The van der Waals surface area contributed by atoms with Crippen molar-refractivity contribution in [1.82, 2.24) is 15.0 Å². The van der Waals surface area contributed by atoms with E-state index in [1.54, 1.807) is 0 Å². The molecule has 9 rings (SSSR count). The van der Waals surface area contributed by atoms with Crippen LogP contribution in [-0.4, -0.2) is 15.0 Å². The van der Waals surface area contributed by atoms with E-state index in [1.165, 1.54) is 36.9 Å². The van der Waals surface area contributed by atoms with Crippen LogP contribution in [0.2, 0.25) is 0 Å². The molecule has 0 saturated heterocycles. The van der Waals surface area contributed by atoms with Gasteiger partial charge in [0.05, 0.1) is 0 Å². The van der Waals surface area contributed by atoms with Gasteiger partial charge in [0.1, 0.15) is 0 Å². The quantitative estimate of drug-likeness (QED) is 0.181. The number of aromatic nitrogens is 3. The summed E-state index contributed by atoms with van der Waals surface area (Å²) < 4.78 is 2.56. The van der Waals surface area contributed by atoms with Gasteiger partial charge in [-0.25, -0.2) is 15.0 Å². The number of rotatable bonds is 6. The first-order chi connectivity index (χ1) is 24.3. The third-order valence-corrected chi connectivity index (χ3v) is 10.1. The summed E-state index contributed by atoms with van der Waals surface area (Å²) in [5.74, 6) is 1.93. The molecule has 0 atom stereocenters. The van der Waals surface area contributed by atoms with Gasteiger partial charge in [-0.1, -0.05) is 146 Å². The Balaban J connectivity index is 1.29. The van der Waals surface area contributed by atoms with E-state index in [-0.39, 0.29) is 0 Å². The molecular formula is C45H29N3S. The van der Waals surface area contributed by atoms with Crippen LogP contribution >= 0.6 is 11.3 Å². The summed E-state index contributed by atoms with van der Waals surface area (Å²) in [7, 11) is 0. The van der Waals surface area contributed by atoms with Crippen molar-refractivity contribution in [2.45, 2.75) is 0 Å². The summed E-state index contributed by atoms with van der Waals surface area (Å²) >= 11 is 1.84. The molecule has 0 N–H and O–H groups in total. The zero-order valence-electron chi connectivity index (χ0n) is 26.5. The van der Waals surface area contributed by atoms with E-state index in [2.05, 4.69) is 115 Å². The summed E-state index contributed by atoms with van der Waals surface area (Å²) in [6.45, 7) is 0. The Morgan fingerprint density at radius 3 is 1.43 bits per heavy atom. The average Bonchev–Trinajstić information content (AvgIpc) is 3.58. The lowest BCUT2D eigenvalue weighted by Crippen LogP contribution is -2.00. The van der Waals surface area contributed by atoms with Crippen molar-refractivity contribution in [3.05, 3.63) is 176 Å². The van der Waals surface area contributed by atoms with Crippen molar-refractivity contribution in [2.24, 2.45) is 0 Å². The van der Waals surface area contributed by atoms with Crippen molar-refractivity contribution in [3.8, 4) is 67.5 Å². The minimum absolute atomic E-state index is 0.638. The summed E-state index contributed by atoms with van der Waals surface area (Å²) in [6, 6.07) is 61.7. The highest BCUT2D eigenvalue weighted by Crippen LogP contribution is 2.42. The summed E-state index contributed by atoms with van der Waals surface area (Å²) in [6.07, 6.45) is 0. The summed E-state index contributed by atoms with van der Waals surface area (Å²) in [4.78, 5) is 15.2. The van der Waals surface area contributed by atoms with Crippen LogP contribution in [0.4, 0.5) is 0 Å². The molecule has 0 spiro atoms. The lowest BCUT2D eigenvalue weighted by atomic mass is 9.93. The van der Waals surface area contributed by atoms with Crippen LogP contribution in [0, 0.1) is 0 Å². The van der Waals surface area contributed by atoms with E-state index < -0.39 is 0 Å². The van der Waals surface area contributed by atoms with E-state index in [9.17, 15) is 0 Å². The second-order valence-electron chi connectivity index (χ2n) is 12.1. The SMILES string of the molecule is c1ccc(-c2cccc(-c3cc(-c4nc(-c5ccccc5)nc(-c5ccccc5)n4)cc(-c4cccc5c4sc4ccccc45)c3)c2)cc1. The molecule has 0 aliphatic carbocycles. The highest BCUT2D eigenvalue weighted by Gasteiger charge is 2.17. The molecule has 3 nitrogen and oxygen atoms in total. The first-order valence-electron chi connectivity index (χ1n) is 16.4. The fraction of sp³-hybridized carbons (Fsp3) is 0. The first-order valence-corrected chi connectivity index (χ1v) is 17.2. The molecule has 0 saturated carbocycles. The molecule has 49 heavy (non-hydrogen) atoms. The zero-order chi connectivity index (χ0) is 32.6. The van der Waals surface area contributed by atoms with Gasteiger partial charge in [0.15, 0.2) is 17.5 Å². The smallest absolute Gasteiger partial charge is 0.164 e. The van der Waals surface area contributed by atoms with E-state index in [4.69, 9.17) is 15.0 Å². The first kappa shape index (κ1) is 29.0. The second-order valence-corrected chi connectivity index (χ2v) is 13.1. The zero-order valence-corrected chi connectivity index (χ0v) is 27.3. The molecule has 0 radical (unpaired) electrons. The molecule has 2 heterocycles. The molecule has 4 heteroatoms. The molecule has 9 aromatic rings. The van der Waals surface area contributed by atoms with Crippen LogP contribution in [0.3, 0.4) is 0 Å². The van der Waals surface area contributed by atoms with Gasteiger partial charge in [-0.3, -0.25) is 0 Å².